The van der Waals surface area contributed by atoms with Gasteiger partial charge in [-0.05, 0) is 36.2 Å². The fourth-order valence-corrected chi connectivity index (χ4v) is 3.67. The van der Waals surface area contributed by atoms with Crippen LogP contribution in [-0.4, -0.2) is 17.8 Å². The van der Waals surface area contributed by atoms with Gasteiger partial charge in [0.05, 0.1) is 22.9 Å². The first-order chi connectivity index (χ1) is 16.8. The van der Waals surface area contributed by atoms with E-state index in [4.69, 9.17) is 0 Å². The Kier molecular flexibility index (Phi) is 7.32. The van der Waals surface area contributed by atoms with Gasteiger partial charge in [0.25, 0.3) is 5.60 Å². The monoisotopic (exact) mass is 540 g/mol. The lowest BCUT2D eigenvalue weighted by Crippen LogP contribution is -2.43. The number of nitrogens with zero attached hydrogens (tertiary/aromatic N) is 1. The summed E-state index contributed by atoms with van der Waals surface area (Å²) in [6, 6.07) is 5.02. The van der Waals surface area contributed by atoms with Crippen molar-refractivity contribution in [2.75, 3.05) is 0 Å². The fourth-order valence-electron chi connectivity index (χ4n) is 3.67. The molecule has 1 amide bonds. The molecule has 2 atom stereocenters. The van der Waals surface area contributed by atoms with Crippen LogP contribution in [0.2, 0.25) is 0 Å². The molecule has 0 saturated heterocycles. The van der Waals surface area contributed by atoms with Crippen LogP contribution in [0.4, 0.5) is 39.5 Å². The molecule has 0 fully saturated rings. The zero-order valence-corrected chi connectivity index (χ0v) is 19.6. The first-order valence-corrected chi connectivity index (χ1v) is 10.9. The van der Waals surface area contributed by atoms with Crippen LogP contribution in [-0.2, 0) is 27.6 Å². The van der Waals surface area contributed by atoms with E-state index in [9.17, 15) is 44.3 Å². The van der Waals surface area contributed by atoms with Crippen molar-refractivity contribution in [3.05, 3.63) is 70.3 Å². The number of benzene rings is 2. The molecule has 1 unspecified atom stereocenters. The number of hydrogen-bond donors (Lipinski definition) is 1. The Morgan fingerprint density at radius 2 is 1.41 bits per heavy atom. The van der Waals surface area contributed by atoms with Gasteiger partial charge < -0.3 is 10.2 Å². The van der Waals surface area contributed by atoms with E-state index in [1.165, 1.54) is 24.3 Å². The molecule has 202 valence electrons. The molecule has 1 N–H and O–H groups in total. The first kappa shape index (κ1) is 28.3. The van der Waals surface area contributed by atoms with Crippen molar-refractivity contribution in [2.24, 2.45) is 11.1 Å². The van der Waals surface area contributed by atoms with Crippen LogP contribution in [0.5, 0.6) is 0 Å². The van der Waals surface area contributed by atoms with Crippen molar-refractivity contribution >= 4 is 11.6 Å². The summed E-state index contributed by atoms with van der Waals surface area (Å²) in [7, 11) is 0. The van der Waals surface area contributed by atoms with Crippen LogP contribution in [0.3, 0.4) is 0 Å². The summed E-state index contributed by atoms with van der Waals surface area (Å²) in [5.74, 6) is -0.504. The molecule has 2 aromatic carbocycles. The Morgan fingerprint density at radius 3 is 1.84 bits per heavy atom. The molecule has 1 heterocycles. The molecule has 0 aromatic heterocycles. The van der Waals surface area contributed by atoms with Gasteiger partial charge in [-0.3, -0.25) is 4.79 Å². The Bertz CT molecular complexity index is 1150. The first-order valence-electron chi connectivity index (χ1n) is 10.9. The zero-order chi connectivity index (χ0) is 28.0. The minimum absolute atomic E-state index is 0.0105. The number of carbonyl (C=O) groups excluding carboxylic acids is 1. The number of alkyl halides is 9. The molecule has 2 aromatic rings. The molecular formula is C24H21F9N2O2. The second kappa shape index (κ2) is 9.56. The molecule has 3 rings (SSSR count). The minimum atomic E-state index is -5.42. The van der Waals surface area contributed by atoms with Gasteiger partial charge >= 0.3 is 18.5 Å². The molecule has 0 bridgehead atoms. The molecule has 1 aliphatic rings. The zero-order valence-electron chi connectivity index (χ0n) is 19.6. The van der Waals surface area contributed by atoms with E-state index in [-0.39, 0.29) is 41.3 Å². The number of rotatable bonds is 5. The summed E-state index contributed by atoms with van der Waals surface area (Å²) < 4.78 is 122. The van der Waals surface area contributed by atoms with Gasteiger partial charge in [0.15, 0.2) is 0 Å². The van der Waals surface area contributed by atoms with Crippen LogP contribution in [0.1, 0.15) is 61.1 Å². The number of oxime groups is 1. The Labute approximate surface area is 205 Å². The van der Waals surface area contributed by atoms with Crippen LogP contribution in [0, 0.1) is 5.92 Å². The number of nitrogens with one attached hydrogen (secondary N) is 1. The minimum Gasteiger partial charge on any atom is -0.374 e. The molecule has 0 spiro atoms. The Hall–Kier alpha value is -3.25. The largest absolute Gasteiger partial charge is 0.435 e. The maximum atomic E-state index is 14.2. The van der Waals surface area contributed by atoms with Crippen LogP contribution in [0.25, 0.3) is 0 Å². The van der Waals surface area contributed by atoms with Crippen molar-refractivity contribution in [1.82, 2.24) is 5.32 Å². The average molecular weight is 540 g/mol. The predicted octanol–water partition coefficient (Wildman–Crippen LogP) is 7.14. The van der Waals surface area contributed by atoms with Gasteiger partial charge in [-0.2, -0.15) is 39.5 Å². The van der Waals surface area contributed by atoms with E-state index >= 15 is 0 Å². The third kappa shape index (κ3) is 5.85. The molecule has 1 aliphatic heterocycles. The van der Waals surface area contributed by atoms with Crippen molar-refractivity contribution in [1.29, 1.82) is 0 Å². The number of carbonyl (C=O) groups is 1. The highest BCUT2D eigenvalue weighted by Gasteiger charge is 2.63. The standard InChI is InChI=1S/C24H21F9N2O2/c1-12(2)20(36)34-13(3)14-4-6-15(7-5-14)19-11-21(37-35-19,24(31,32)33)16-8-17(22(25,26)27)10-18(9-16)23(28,29)30/h4-10,12-13H,11H2,1-3H3,(H,34,36)/t13-,21?/m0/s1. The quantitative estimate of drug-likeness (QED) is 0.410. The van der Waals surface area contributed by atoms with Crippen LogP contribution in [0.15, 0.2) is 47.6 Å². The van der Waals surface area contributed by atoms with Gasteiger partial charge in [0, 0.05) is 17.9 Å². The smallest absolute Gasteiger partial charge is 0.374 e. The fraction of sp³-hybridized carbons (Fsp3) is 0.417. The normalized spacial score (nSPS) is 19.4. The third-order valence-corrected chi connectivity index (χ3v) is 5.87. The van der Waals surface area contributed by atoms with E-state index in [0.29, 0.717) is 5.56 Å². The second-order valence-electron chi connectivity index (χ2n) is 8.93. The summed E-state index contributed by atoms with van der Waals surface area (Å²) in [5.41, 5.74) is -8.36. The molecule has 0 saturated carbocycles. The lowest BCUT2D eigenvalue weighted by Gasteiger charge is -2.30. The maximum absolute atomic E-state index is 14.2. The van der Waals surface area contributed by atoms with Gasteiger partial charge in [0.2, 0.25) is 5.91 Å². The topological polar surface area (TPSA) is 50.7 Å². The van der Waals surface area contributed by atoms with Gasteiger partial charge in [-0.1, -0.05) is 43.3 Å². The van der Waals surface area contributed by atoms with E-state index in [1.807, 2.05) is 0 Å². The molecule has 13 heteroatoms. The third-order valence-electron chi connectivity index (χ3n) is 5.87. The summed E-state index contributed by atoms with van der Waals surface area (Å²) >= 11 is 0. The average Bonchev–Trinajstić information content (AvgIpc) is 3.24. The highest BCUT2D eigenvalue weighted by Crippen LogP contribution is 2.50. The predicted molar refractivity (Wildman–Crippen MR) is 114 cm³/mol. The maximum Gasteiger partial charge on any atom is 0.435 e. The SMILES string of the molecule is CC(C)C(=O)N[C@@H](C)c1ccc(C2=NOC(c3cc(C(F)(F)F)cc(C(F)(F)F)c3)(C(F)(F)F)C2)cc1. The van der Waals surface area contributed by atoms with E-state index in [1.54, 1.807) is 20.8 Å². The van der Waals surface area contributed by atoms with Crippen molar-refractivity contribution in [2.45, 2.75) is 57.4 Å². The Morgan fingerprint density at radius 1 is 0.892 bits per heavy atom. The van der Waals surface area contributed by atoms with Gasteiger partial charge in [0.1, 0.15) is 0 Å². The Balaban J connectivity index is 1.98. The van der Waals surface area contributed by atoms with Crippen molar-refractivity contribution < 1.29 is 49.1 Å². The second-order valence-corrected chi connectivity index (χ2v) is 8.93. The van der Waals surface area contributed by atoms with E-state index in [2.05, 4.69) is 15.3 Å². The van der Waals surface area contributed by atoms with Crippen LogP contribution < -0.4 is 5.32 Å². The lowest BCUT2D eigenvalue weighted by atomic mass is 9.84. The van der Waals surface area contributed by atoms with E-state index < -0.39 is 53.3 Å². The number of hydrogen-bond acceptors (Lipinski definition) is 3. The highest BCUT2D eigenvalue weighted by atomic mass is 19.4. The molecule has 4 nitrogen and oxygen atoms in total. The van der Waals surface area contributed by atoms with Gasteiger partial charge in [-0.25, -0.2) is 0 Å². The lowest BCUT2D eigenvalue weighted by molar-refractivity contribution is -0.276. The molecule has 37 heavy (non-hydrogen) atoms. The number of halogens is 9. The summed E-state index contributed by atoms with van der Waals surface area (Å²) in [6.45, 7) is 5.07. The summed E-state index contributed by atoms with van der Waals surface area (Å²) in [5, 5.41) is 6.14. The van der Waals surface area contributed by atoms with Crippen LogP contribution >= 0.6 is 0 Å². The highest BCUT2D eigenvalue weighted by molar-refractivity contribution is 6.01. The van der Waals surface area contributed by atoms with Crippen molar-refractivity contribution in [3.63, 3.8) is 0 Å². The van der Waals surface area contributed by atoms with E-state index in [0.717, 1.165) is 0 Å². The molecule has 0 radical (unpaired) electrons. The van der Waals surface area contributed by atoms with Crippen molar-refractivity contribution in [3.8, 4) is 0 Å². The molecular weight excluding hydrogens is 519 g/mol. The van der Waals surface area contributed by atoms with Gasteiger partial charge in [-0.15, -0.1) is 0 Å². The summed E-state index contributed by atoms with van der Waals surface area (Å²) in [6.07, 6.45) is -17.3. The number of amides is 1. The molecule has 0 aliphatic carbocycles. The summed E-state index contributed by atoms with van der Waals surface area (Å²) in [4.78, 5) is 16.5.